The molecule has 1 aliphatic heterocycles. The lowest BCUT2D eigenvalue weighted by Gasteiger charge is -2.47. The minimum atomic E-state index is -1.16. The van der Waals surface area contributed by atoms with E-state index < -0.39 is 17.9 Å². The Bertz CT molecular complexity index is 1450. The van der Waals surface area contributed by atoms with E-state index in [0.717, 1.165) is 34.3 Å². The Morgan fingerprint density at radius 3 is 2.55 bits per heavy atom. The molecule has 0 amide bonds. The standard InChI is InChI=1S/C34H44ClN3O6/c1-23-3-6-27(7-4-23)44-33(42)38-15-11-28-29-21-24(35)5-8-30(29)36-31(28)32(38)34(2)13-9-26(10-14-34)43-20-12-25(41)22-37(16-18-39)17-19-40/h3-10,13,21,25,32-33,36,39-42H,11-12,14-20,22H2,1-2H3. The molecule has 5 rings (SSSR count). The van der Waals surface area contributed by atoms with Crippen molar-refractivity contribution in [3.63, 3.8) is 0 Å². The van der Waals surface area contributed by atoms with Gasteiger partial charge in [0.2, 0.25) is 0 Å². The number of aliphatic hydroxyl groups excluding tert-OH is 4. The highest BCUT2D eigenvalue weighted by molar-refractivity contribution is 6.31. The number of aryl methyl sites for hydroxylation is 1. The van der Waals surface area contributed by atoms with Crippen molar-refractivity contribution in [1.82, 2.24) is 14.8 Å². The molecule has 0 bridgehead atoms. The summed E-state index contributed by atoms with van der Waals surface area (Å²) in [7, 11) is 0. The first-order valence-corrected chi connectivity index (χ1v) is 15.7. The SMILES string of the molecule is Cc1ccc(OC(O)N2CCc3c([nH]c4ccc(Cl)cc34)C2C2(C)C=CC(OCCC(O)CN(CCO)CCO)=CC2)cc1. The number of nitrogens with zero attached hydrogens (tertiary/aromatic N) is 2. The van der Waals surface area contributed by atoms with Crippen LogP contribution in [0.15, 0.2) is 66.5 Å². The zero-order valence-electron chi connectivity index (χ0n) is 25.5. The summed E-state index contributed by atoms with van der Waals surface area (Å²) in [5.74, 6) is 1.34. The van der Waals surface area contributed by atoms with Crippen LogP contribution in [0.3, 0.4) is 0 Å². The maximum atomic E-state index is 11.5. The van der Waals surface area contributed by atoms with Crippen molar-refractivity contribution < 1.29 is 29.9 Å². The summed E-state index contributed by atoms with van der Waals surface area (Å²) in [6.45, 7) is 6.25. The van der Waals surface area contributed by atoms with Gasteiger partial charge < -0.3 is 34.9 Å². The summed E-state index contributed by atoms with van der Waals surface area (Å²) in [5, 5.41) is 42.1. The molecule has 0 fully saturated rings. The molecule has 2 aromatic carbocycles. The van der Waals surface area contributed by atoms with Gasteiger partial charge in [0.05, 0.1) is 32.0 Å². The largest absolute Gasteiger partial charge is 0.494 e. The number of nitrogens with one attached hydrogen (secondary N) is 1. The number of ether oxygens (including phenoxy) is 2. The molecule has 238 valence electrons. The van der Waals surface area contributed by atoms with E-state index in [0.29, 0.717) is 56.4 Å². The van der Waals surface area contributed by atoms with Crippen molar-refractivity contribution in [3.05, 3.63) is 88.3 Å². The molecule has 1 aliphatic carbocycles. The van der Waals surface area contributed by atoms with Crippen LogP contribution in [-0.4, -0.2) is 93.7 Å². The minimum Gasteiger partial charge on any atom is -0.494 e. The van der Waals surface area contributed by atoms with Gasteiger partial charge in [-0.05, 0) is 67.8 Å². The van der Waals surface area contributed by atoms with Gasteiger partial charge in [-0.2, -0.15) is 0 Å². The average Bonchev–Trinajstić information content (AvgIpc) is 3.37. The van der Waals surface area contributed by atoms with Crippen molar-refractivity contribution in [2.24, 2.45) is 5.41 Å². The molecule has 5 N–H and O–H groups in total. The number of halogens is 1. The molecule has 10 heteroatoms. The monoisotopic (exact) mass is 625 g/mol. The van der Waals surface area contributed by atoms with E-state index in [1.54, 1.807) is 0 Å². The lowest BCUT2D eigenvalue weighted by molar-refractivity contribution is -0.169. The molecule has 0 saturated heterocycles. The number of hydrogen-bond donors (Lipinski definition) is 5. The van der Waals surface area contributed by atoms with Crippen LogP contribution in [0.5, 0.6) is 5.75 Å². The molecule has 1 aromatic heterocycles. The first-order chi connectivity index (χ1) is 21.2. The fourth-order valence-electron chi connectivity index (χ4n) is 6.35. The summed E-state index contributed by atoms with van der Waals surface area (Å²) >= 11 is 6.39. The molecular formula is C34H44ClN3O6. The highest BCUT2D eigenvalue weighted by atomic mass is 35.5. The van der Waals surface area contributed by atoms with E-state index in [9.17, 15) is 20.4 Å². The second-order valence-corrected chi connectivity index (χ2v) is 12.5. The second kappa shape index (κ2) is 14.5. The van der Waals surface area contributed by atoms with Crippen LogP contribution in [0, 0.1) is 12.3 Å². The van der Waals surface area contributed by atoms with Gasteiger partial charge in [0, 0.05) is 59.6 Å². The van der Waals surface area contributed by atoms with Crippen LogP contribution in [0.1, 0.15) is 42.6 Å². The van der Waals surface area contributed by atoms with Gasteiger partial charge >= 0.3 is 0 Å². The van der Waals surface area contributed by atoms with E-state index in [1.807, 2.05) is 65.3 Å². The third-order valence-corrected chi connectivity index (χ3v) is 8.92. The normalized spacial score (nSPS) is 21.7. The van der Waals surface area contributed by atoms with Crippen LogP contribution < -0.4 is 4.74 Å². The second-order valence-electron chi connectivity index (χ2n) is 12.0. The van der Waals surface area contributed by atoms with Gasteiger partial charge in [-0.3, -0.25) is 4.90 Å². The Morgan fingerprint density at radius 2 is 1.86 bits per heavy atom. The minimum absolute atomic E-state index is 0.0268. The van der Waals surface area contributed by atoms with E-state index in [2.05, 4.69) is 24.1 Å². The third kappa shape index (κ3) is 7.49. The van der Waals surface area contributed by atoms with Crippen LogP contribution in [0.4, 0.5) is 0 Å². The van der Waals surface area contributed by atoms with Crippen LogP contribution >= 0.6 is 11.6 Å². The molecule has 9 nitrogen and oxygen atoms in total. The van der Waals surface area contributed by atoms with Crippen molar-refractivity contribution in [3.8, 4) is 5.75 Å². The average molecular weight is 626 g/mol. The van der Waals surface area contributed by atoms with Crippen LogP contribution in [-0.2, 0) is 11.2 Å². The summed E-state index contributed by atoms with van der Waals surface area (Å²) in [5.41, 5.74) is 3.98. The van der Waals surface area contributed by atoms with E-state index >= 15 is 0 Å². The molecule has 44 heavy (non-hydrogen) atoms. The quantitative estimate of drug-likeness (QED) is 0.168. The lowest BCUT2D eigenvalue weighted by atomic mass is 9.72. The number of aromatic nitrogens is 1. The fourth-order valence-corrected chi connectivity index (χ4v) is 6.52. The highest BCUT2D eigenvalue weighted by Gasteiger charge is 2.45. The van der Waals surface area contributed by atoms with Gasteiger partial charge in [0.1, 0.15) is 11.5 Å². The Morgan fingerprint density at radius 1 is 1.11 bits per heavy atom. The van der Waals surface area contributed by atoms with E-state index in [4.69, 9.17) is 21.1 Å². The van der Waals surface area contributed by atoms with Gasteiger partial charge in [-0.15, -0.1) is 0 Å². The maximum Gasteiger partial charge on any atom is 0.260 e. The van der Waals surface area contributed by atoms with Crippen molar-refractivity contribution >= 4 is 22.5 Å². The molecule has 0 radical (unpaired) electrons. The van der Waals surface area contributed by atoms with Crippen LogP contribution in [0.2, 0.25) is 5.02 Å². The topological polar surface area (TPSA) is 122 Å². The smallest absolute Gasteiger partial charge is 0.260 e. The molecular weight excluding hydrogens is 582 g/mol. The molecule has 4 atom stereocenters. The summed E-state index contributed by atoms with van der Waals surface area (Å²) in [6, 6.07) is 13.3. The third-order valence-electron chi connectivity index (χ3n) is 8.69. The lowest BCUT2D eigenvalue weighted by Crippen LogP contribution is -2.50. The number of rotatable bonds is 14. The van der Waals surface area contributed by atoms with Crippen molar-refractivity contribution in [2.75, 3.05) is 46.0 Å². The van der Waals surface area contributed by atoms with Gasteiger partial charge in [-0.25, -0.2) is 4.90 Å². The summed E-state index contributed by atoms with van der Waals surface area (Å²) in [4.78, 5) is 7.49. The number of allylic oxidation sites excluding steroid dienone is 2. The first kappa shape index (κ1) is 32.5. The fraction of sp³-hybridized carbons (Fsp3) is 0.471. The number of fused-ring (bicyclic) bond motifs is 3. The number of aromatic amines is 1. The highest BCUT2D eigenvalue weighted by Crippen LogP contribution is 2.49. The molecule has 2 aliphatic rings. The zero-order valence-corrected chi connectivity index (χ0v) is 26.2. The Hall–Kier alpha value is -2.89. The van der Waals surface area contributed by atoms with Gasteiger partial charge in [-0.1, -0.05) is 42.3 Å². The van der Waals surface area contributed by atoms with Crippen molar-refractivity contribution in [2.45, 2.75) is 51.7 Å². The predicted molar refractivity (Wildman–Crippen MR) is 171 cm³/mol. The maximum absolute atomic E-state index is 11.5. The predicted octanol–water partition coefficient (Wildman–Crippen LogP) is 4.29. The zero-order chi connectivity index (χ0) is 31.3. The summed E-state index contributed by atoms with van der Waals surface area (Å²) < 4.78 is 12.1. The molecule has 2 heterocycles. The van der Waals surface area contributed by atoms with E-state index in [1.165, 1.54) is 5.56 Å². The number of hydrogen-bond acceptors (Lipinski definition) is 8. The Balaban J connectivity index is 1.32. The Kier molecular flexibility index (Phi) is 10.7. The Labute approximate surface area is 264 Å². The van der Waals surface area contributed by atoms with Gasteiger partial charge in [0.15, 0.2) is 0 Å². The molecule has 0 spiro atoms. The number of aliphatic hydroxyl groups is 4. The number of H-pyrrole nitrogens is 1. The van der Waals surface area contributed by atoms with Gasteiger partial charge in [0.25, 0.3) is 6.41 Å². The number of benzene rings is 2. The molecule has 0 saturated carbocycles. The van der Waals surface area contributed by atoms with Crippen LogP contribution in [0.25, 0.3) is 10.9 Å². The molecule has 4 unspecified atom stereocenters. The van der Waals surface area contributed by atoms with Crippen molar-refractivity contribution in [1.29, 1.82) is 0 Å². The summed E-state index contributed by atoms with van der Waals surface area (Å²) in [6.07, 6.45) is 6.22. The molecule has 3 aromatic rings. The first-order valence-electron chi connectivity index (χ1n) is 15.3. The van der Waals surface area contributed by atoms with E-state index in [-0.39, 0.29) is 19.3 Å².